The number of aliphatic hydroxyl groups excluding tert-OH is 1. The van der Waals surface area contributed by atoms with E-state index in [2.05, 4.69) is 43.6 Å². The SMILES string of the molecule is CC(C)C1C2CC3C4C(C)(O)CCC(Br)C4(C)CCC31CC2O. The highest BCUT2D eigenvalue weighted by molar-refractivity contribution is 9.09. The Kier molecular flexibility index (Phi) is 3.65. The molecule has 0 heterocycles. The molecular weight excluding hydrogens is 352 g/mol. The molecule has 2 nitrogen and oxygen atoms in total. The lowest BCUT2D eigenvalue weighted by Crippen LogP contribution is -2.62. The molecule has 1 spiro atoms. The van der Waals surface area contributed by atoms with E-state index in [9.17, 15) is 10.2 Å². The molecule has 4 aliphatic carbocycles. The summed E-state index contributed by atoms with van der Waals surface area (Å²) >= 11 is 3.98. The lowest BCUT2D eigenvalue weighted by molar-refractivity contribution is -0.178. The number of hydrogen-bond acceptors (Lipinski definition) is 2. The fraction of sp³-hybridized carbons (Fsp3) is 1.00. The van der Waals surface area contributed by atoms with Crippen LogP contribution in [0.25, 0.3) is 0 Å². The van der Waals surface area contributed by atoms with Crippen molar-refractivity contribution in [2.75, 3.05) is 0 Å². The summed E-state index contributed by atoms with van der Waals surface area (Å²) in [7, 11) is 0. The third-order valence-corrected chi connectivity index (χ3v) is 10.2. The van der Waals surface area contributed by atoms with Crippen molar-refractivity contribution in [3.8, 4) is 0 Å². The molecular formula is C20H33BrO2. The van der Waals surface area contributed by atoms with Crippen molar-refractivity contribution in [3.63, 3.8) is 0 Å². The molecule has 23 heavy (non-hydrogen) atoms. The smallest absolute Gasteiger partial charge is 0.0656 e. The van der Waals surface area contributed by atoms with Gasteiger partial charge in [-0.25, -0.2) is 0 Å². The molecule has 0 amide bonds. The summed E-state index contributed by atoms with van der Waals surface area (Å²) in [5, 5.41) is 22.0. The van der Waals surface area contributed by atoms with Gasteiger partial charge in [-0.15, -0.1) is 0 Å². The van der Waals surface area contributed by atoms with E-state index in [0.717, 1.165) is 25.7 Å². The first-order valence-electron chi connectivity index (χ1n) is 9.68. The molecule has 0 radical (unpaired) electrons. The van der Waals surface area contributed by atoms with E-state index in [4.69, 9.17) is 0 Å². The number of hydrogen-bond donors (Lipinski definition) is 2. The predicted octanol–water partition coefficient (Wildman–Crippen LogP) is 4.37. The van der Waals surface area contributed by atoms with Gasteiger partial charge in [-0.2, -0.15) is 0 Å². The Hall–Kier alpha value is 0.400. The average Bonchev–Trinajstić information content (AvgIpc) is 2.91. The molecule has 4 aliphatic rings. The van der Waals surface area contributed by atoms with E-state index in [1.807, 2.05) is 0 Å². The minimum absolute atomic E-state index is 0.101. The van der Waals surface area contributed by atoms with Crippen LogP contribution in [0, 0.1) is 40.4 Å². The Labute approximate surface area is 149 Å². The second kappa shape index (κ2) is 4.98. The maximum absolute atomic E-state index is 11.3. The highest BCUT2D eigenvalue weighted by atomic mass is 79.9. The molecule has 3 heteroatoms. The van der Waals surface area contributed by atoms with Gasteiger partial charge >= 0.3 is 0 Å². The van der Waals surface area contributed by atoms with Gasteiger partial charge in [-0.3, -0.25) is 0 Å². The van der Waals surface area contributed by atoms with Crippen LogP contribution in [0.5, 0.6) is 0 Å². The fourth-order valence-corrected chi connectivity index (χ4v) is 8.91. The predicted molar refractivity (Wildman–Crippen MR) is 96.4 cm³/mol. The lowest BCUT2D eigenvalue weighted by Gasteiger charge is -2.63. The highest BCUT2D eigenvalue weighted by Crippen LogP contribution is 2.75. The zero-order valence-electron chi connectivity index (χ0n) is 15.1. The molecule has 0 aliphatic heterocycles. The third-order valence-electron chi connectivity index (χ3n) is 8.72. The van der Waals surface area contributed by atoms with E-state index in [-0.39, 0.29) is 16.9 Å². The first kappa shape index (κ1) is 16.8. The van der Waals surface area contributed by atoms with Crippen molar-refractivity contribution < 1.29 is 10.2 Å². The molecule has 9 unspecified atom stereocenters. The van der Waals surface area contributed by atoms with Gasteiger partial charge in [0.1, 0.15) is 0 Å². The van der Waals surface area contributed by atoms with E-state index in [1.165, 1.54) is 12.8 Å². The van der Waals surface area contributed by atoms with E-state index in [1.54, 1.807) is 0 Å². The number of rotatable bonds is 1. The molecule has 9 atom stereocenters. The summed E-state index contributed by atoms with van der Waals surface area (Å²) in [4.78, 5) is 0.527. The molecule has 0 aromatic rings. The van der Waals surface area contributed by atoms with Crippen molar-refractivity contribution in [2.24, 2.45) is 40.4 Å². The molecule has 4 fully saturated rings. The van der Waals surface area contributed by atoms with Crippen LogP contribution < -0.4 is 0 Å². The quantitative estimate of drug-likeness (QED) is 0.658. The van der Waals surface area contributed by atoms with E-state index >= 15 is 0 Å². The minimum atomic E-state index is -0.548. The van der Waals surface area contributed by atoms with Crippen molar-refractivity contribution in [3.05, 3.63) is 0 Å². The molecule has 2 N–H and O–H groups in total. The number of halogens is 1. The maximum Gasteiger partial charge on any atom is 0.0656 e. The lowest BCUT2D eigenvalue weighted by atomic mass is 9.44. The van der Waals surface area contributed by atoms with Gasteiger partial charge in [0.15, 0.2) is 0 Å². The number of fused-ring (bicyclic) bond motifs is 3. The summed E-state index contributed by atoms with van der Waals surface area (Å²) in [6.07, 6.45) is 6.47. The molecule has 4 rings (SSSR count). The Morgan fingerprint density at radius 3 is 2.48 bits per heavy atom. The van der Waals surface area contributed by atoms with Crippen LogP contribution in [-0.2, 0) is 0 Å². The summed E-state index contributed by atoms with van der Waals surface area (Å²) in [5.74, 6) is 2.73. The largest absolute Gasteiger partial charge is 0.393 e. The second-order valence-electron chi connectivity index (χ2n) is 10.1. The summed E-state index contributed by atoms with van der Waals surface area (Å²) in [6.45, 7) is 9.21. The summed E-state index contributed by atoms with van der Waals surface area (Å²) in [6, 6.07) is 0. The zero-order chi connectivity index (χ0) is 16.8. The van der Waals surface area contributed by atoms with Gasteiger partial charge in [0.05, 0.1) is 11.7 Å². The van der Waals surface area contributed by atoms with Crippen LogP contribution in [-0.4, -0.2) is 26.7 Å². The minimum Gasteiger partial charge on any atom is -0.393 e. The monoisotopic (exact) mass is 384 g/mol. The maximum atomic E-state index is 11.3. The molecule has 0 aromatic carbocycles. The van der Waals surface area contributed by atoms with E-state index in [0.29, 0.717) is 34.4 Å². The topological polar surface area (TPSA) is 40.5 Å². The van der Waals surface area contributed by atoms with Crippen LogP contribution in [0.4, 0.5) is 0 Å². The van der Waals surface area contributed by atoms with Crippen molar-refractivity contribution >= 4 is 15.9 Å². The standard InChI is InChI=1S/C20H33BrO2/c1-11(2)16-12-9-13-17-18(3,15(21)5-6-19(17,4)23)7-8-20(13,16)10-14(12)22/h11-17,22-23H,5-10H2,1-4H3. The summed E-state index contributed by atoms with van der Waals surface area (Å²) < 4.78 is 0. The summed E-state index contributed by atoms with van der Waals surface area (Å²) in [5.41, 5.74) is -0.0564. The van der Waals surface area contributed by atoms with Crippen molar-refractivity contribution in [1.82, 2.24) is 0 Å². The van der Waals surface area contributed by atoms with Crippen LogP contribution in [0.1, 0.15) is 66.2 Å². The van der Waals surface area contributed by atoms with Crippen LogP contribution >= 0.6 is 15.9 Å². The van der Waals surface area contributed by atoms with Gasteiger partial charge in [0, 0.05) is 4.83 Å². The Bertz CT molecular complexity index is 504. The number of aliphatic hydroxyl groups is 2. The molecule has 0 saturated heterocycles. The third kappa shape index (κ3) is 1.99. The second-order valence-corrected chi connectivity index (χ2v) is 11.2. The van der Waals surface area contributed by atoms with Crippen molar-refractivity contribution in [1.29, 1.82) is 0 Å². The Morgan fingerprint density at radius 1 is 1.13 bits per heavy atom. The zero-order valence-corrected chi connectivity index (χ0v) is 16.6. The first-order chi connectivity index (χ1) is 10.6. The Morgan fingerprint density at radius 2 is 1.83 bits per heavy atom. The van der Waals surface area contributed by atoms with Gasteiger partial charge < -0.3 is 10.2 Å². The average molecular weight is 385 g/mol. The highest BCUT2D eigenvalue weighted by Gasteiger charge is 2.71. The first-order valence-corrected chi connectivity index (χ1v) is 10.6. The Balaban J connectivity index is 1.79. The van der Waals surface area contributed by atoms with Crippen LogP contribution in [0.2, 0.25) is 0 Å². The molecule has 2 bridgehead atoms. The van der Waals surface area contributed by atoms with Crippen LogP contribution in [0.3, 0.4) is 0 Å². The van der Waals surface area contributed by atoms with Gasteiger partial charge in [0.2, 0.25) is 0 Å². The molecule has 132 valence electrons. The fourth-order valence-electron chi connectivity index (χ4n) is 8.17. The van der Waals surface area contributed by atoms with Gasteiger partial charge in [-0.05, 0) is 85.9 Å². The van der Waals surface area contributed by atoms with Gasteiger partial charge in [-0.1, -0.05) is 36.7 Å². The van der Waals surface area contributed by atoms with E-state index < -0.39 is 5.60 Å². The van der Waals surface area contributed by atoms with Crippen molar-refractivity contribution in [2.45, 2.75) is 82.8 Å². The normalized spacial score (nSPS) is 61.6. The van der Waals surface area contributed by atoms with Crippen LogP contribution in [0.15, 0.2) is 0 Å². The molecule has 0 aromatic heterocycles. The molecule has 4 saturated carbocycles. The van der Waals surface area contributed by atoms with Gasteiger partial charge in [0.25, 0.3) is 0 Å². The number of alkyl halides is 1.